The van der Waals surface area contributed by atoms with Crippen LogP contribution in [-0.2, 0) is 11.3 Å². The zero-order chi connectivity index (χ0) is 20.3. The topological polar surface area (TPSA) is 56.1 Å². The first-order valence-corrected chi connectivity index (χ1v) is 9.54. The van der Waals surface area contributed by atoms with E-state index < -0.39 is 6.10 Å². The number of nitrogens with zero attached hydrogens (tertiary/aromatic N) is 2. The van der Waals surface area contributed by atoms with Gasteiger partial charge in [-0.15, -0.1) is 0 Å². The highest BCUT2D eigenvalue weighted by atomic mass is 35.5. The number of aromatic nitrogens is 2. The zero-order valence-corrected chi connectivity index (χ0v) is 17.2. The quantitative estimate of drug-likeness (QED) is 0.664. The SMILES string of the molecule is Cc1cc(O[C@@H](C)C(=O)NCc2ccccc2-n2ccnc2C)cc(C)c1Cl. The fraction of sp³-hybridized carbons (Fsp3) is 0.273. The van der Waals surface area contributed by atoms with Crippen LogP contribution in [0.4, 0.5) is 0 Å². The number of hydrogen-bond acceptors (Lipinski definition) is 3. The van der Waals surface area contributed by atoms with E-state index in [1.165, 1.54) is 0 Å². The van der Waals surface area contributed by atoms with Gasteiger partial charge in [-0.05, 0) is 62.6 Å². The summed E-state index contributed by atoms with van der Waals surface area (Å²) in [6, 6.07) is 11.6. The summed E-state index contributed by atoms with van der Waals surface area (Å²) in [5, 5.41) is 3.68. The van der Waals surface area contributed by atoms with Crippen LogP contribution in [-0.4, -0.2) is 21.6 Å². The van der Waals surface area contributed by atoms with Gasteiger partial charge in [-0.2, -0.15) is 0 Å². The van der Waals surface area contributed by atoms with Gasteiger partial charge in [0.15, 0.2) is 6.10 Å². The molecule has 0 bridgehead atoms. The minimum atomic E-state index is -0.623. The number of aryl methyl sites for hydroxylation is 3. The third-order valence-electron chi connectivity index (χ3n) is 4.62. The molecule has 1 amide bonds. The number of benzene rings is 2. The van der Waals surface area contributed by atoms with Crippen LogP contribution in [0.25, 0.3) is 5.69 Å². The maximum atomic E-state index is 12.5. The Labute approximate surface area is 170 Å². The van der Waals surface area contributed by atoms with Gasteiger partial charge in [-0.3, -0.25) is 4.79 Å². The second kappa shape index (κ2) is 8.48. The molecule has 0 fully saturated rings. The van der Waals surface area contributed by atoms with Crippen LogP contribution in [0.5, 0.6) is 5.75 Å². The Morgan fingerprint density at radius 3 is 2.54 bits per heavy atom. The van der Waals surface area contributed by atoms with Gasteiger partial charge >= 0.3 is 0 Å². The number of ether oxygens (including phenoxy) is 1. The Morgan fingerprint density at radius 1 is 1.21 bits per heavy atom. The summed E-state index contributed by atoms with van der Waals surface area (Å²) in [6.07, 6.45) is 3.05. The Hall–Kier alpha value is -2.79. The first-order valence-electron chi connectivity index (χ1n) is 9.16. The lowest BCUT2D eigenvalue weighted by Gasteiger charge is -2.17. The summed E-state index contributed by atoms with van der Waals surface area (Å²) >= 11 is 6.19. The van der Waals surface area contributed by atoms with Crippen LogP contribution in [0, 0.1) is 20.8 Å². The van der Waals surface area contributed by atoms with Crippen molar-refractivity contribution in [2.24, 2.45) is 0 Å². The normalized spacial score (nSPS) is 11.9. The van der Waals surface area contributed by atoms with Gasteiger partial charge in [0.05, 0.1) is 5.69 Å². The molecule has 0 aliphatic rings. The van der Waals surface area contributed by atoms with Crippen LogP contribution in [0.3, 0.4) is 0 Å². The van der Waals surface area contributed by atoms with E-state index in [0.29, 0.717) is 12.3 Å². The number of halogens is 1. The second-order valence-electron chi connectivity index (χ2n) is 6.82. The molecule has 0 aliphatic carbocycles. The van der Waals surface area contributed by atoms with Crippen molar-refractivity contribution in [3.05, 3.63) is 76.3 Å². The van der Waals surface area contributed by atoms with Crippen molar-refractivity contribution < 1.29 is 9.53 Å². The molecular formula is C22H24ClN3O2. The van der Waals surface area contributed by atoms with Gasteiger partial charge in [-0.1, -0.05) is 29.8 Å². The summed E-state index contributed by atoms with van der Waals surface area (Å²) in [5.74, 6) is 1.35. The standard InChI is InChI=1S/C22H24ClN3O2/c1-14-11-19(12-15(2)21(14)23)28-16(3)22(27)25-13-18-7-5-6-8-20(18)26-10-9-24-17(26)4/h5-12,16H,13H2,1-4H3,(H,25,27)/t16-/m0/s1. The van der Waals surface area contributed by atoms with Gasteiger partial charge < -0.3 is 14.6 Å². The zero-order valence-electron chi connectivity index (χ0n) is 16.5. The van der Waals surface area contributed by atoms with Crippen LogP contribution >= 0.6 is 11.6 Å². The minimum Gasteiger partial charge on any atom is -0.481 e. The van der Waals surface area contributed by atoms with Gasteiger partial charge in [0.1, 0.15) is 11.6 Å². The molecule has 6 heteroatoms. The summed E-state index contributed by atoms with van der Waals surface area (Å²) in [5.41, 5.74) is 3.85. The summed E-state index contributed by atoms with van der Waals surface area (Å²) in [4.78, 5) is 16.8. The van der Waals surface area contributed by atoms with E-state index >= 15 is 0 Å². The first-order chi connectivity index (χ1) is 13.4. The molecule has 0 aliphatic heterocycles. The number of para-hydroxylation sites is 1. The van der Waals surface area contributed by atoms with Gasteiger partial charge in [-0.25, -0.2) is 4.98 Å². The number of carbonyl (C=O) groups excluding carboxylic acids is 1. The molecule has 0 spiro atoms. The van der Waals surface area contributed by atoms with Crippen LogP contribution in [0.1, 0.15) is 29.4 Å². The molecule has 0 unspecified atom stereocenters. The number of carbonyl (C=O) groups is 1. The molecule has 0 radical (unpaired) electrons. The maximum absolute atomic E-state index is 12.5. The molecule has 2 aromatic carbocycles. The summed E-state index contributed by atoms with van der Waals surface area (Å²) < 4.78 is 7.82. The van der Waals surface area contributed by atoms with Crippen molar-refractivity contribution in [3.8, 4) is 11.4 Å². The Bertz CT molecular complexity index is 974. The van der Waals surface area contributed by atoms with E-state index in [1.807, 2.05) is 67.9 Å². The number of amides is 1. The summed E-state index contributed by atoms with van der Waals surface area (Å²) in [6.45, 7) is 7.92. The number of rotatable bonds is 6. The average Bonchev–Trinajstić information content (AvgIpc) is 3.10. The van der Waals surface area contributed by atoms with E-state index in [9.17, 15) is 4.79 Å². The van der Waals surface area contributed by atoms with E-state index in [0.717, 1.165) is 33.2 Å². The Kier molecular flexibility index (Phi) is 6.05. The Morgan fingerprint density at radius 2 is 1.89 bits per heavy atom. The smallest absolute Gasteiger partial charge is 0.261 e. The van der Waals surface area contributed by atoms with Gasteiger partial charge in [0.25, 0.3) is 5.91 Å². The molecule has 1 heterocycles. The molecule has 1 atom stereocenters. The molecule has 3 aromatic rings. The molecule has 0 saturated heterocycles. The van der Waals surface area contributed by atoms with Crippen LogP contribution in [0.15, 0.2) is 48.8 Å². The number of imidazole rings is 1. The Balaban J connectivity index is 1.67. The molecule has 146 valence electrons. The van der Waals surface area contributed by atoms with Crippen molar-refractivity contribution >= 4 is 17.5 Å². The first kappa shape index (κ1) is 20.0. The highest BCUT2D eigenvalue weighted by molar-refractivity contribution is 6.32. The third kappa shape index (κ3) is 4.37. The van der Waals surface area contributed by atoms with Crippen LogP contribution in [0.2, 0.25) is 5.02 Å². The van der Waals surface area contributed by atoms with Gasteiger partial charge in [0, 0.05) is 24.0 Å². The van der Waals surface area contributed by atoms with Crippen molar-refractivity contribution in [2.45, 2.75) is 40.3 Å². The molecule has 1 N–H and O–H groups in total. The molecule has 3 rings (SSSR count). The van der Waals surface area contributed by atoms with Gasteiger partial charge in [0.2, 0.25) is 0 Å². The fourth-order valence-electron chi connectivity index (χ4n) is 3.09. The molecule has 1 aromatic heterocycles. The lowest BCUT2D eigenvalue weighted by molar-refractivity contribution is -0.127. The molecule has 0 saturated carbocycles. The highest BCUT2D eigenvalue weighted by Crippen LogP contribution is 2.26. The van der Waals surface area contributed by atoms with E-state index in [4.69, 9.17) is 16.3 Å². The lowest BCUT2D eigenvalue weighted by Crippen LogP contribution is -2.36. The average molecular weight is 398 g/mol. The third-order valence-corrected chi connectivity index (χ3v) is 5.22. The largest absolute Gasteiger partial charge is 0.481 e. The van der Waals surface area contributed by atoms with E-state index in [1.54, 1.807) is 13.1 Å². The monoisotopic (exact) mass is 397 g/mol. The molecule has 5 nitrogen and oxygen atoms in total. The predicted molar refractivity (Wildman–Crippen MR) is 111 cm³/mol. The van der Waals surface area contributed by atoms with Crippen molar-refractivity contribution in [2.75, 3.05) is 0 Å². The number of nitrogens with one attached hydrogen (secondary N) is 1. The van der Waals surface area contributed by atoms with E-state index in [-0.39, 0.29) is 5.91 Å². The van der Waals surface area contributed by atoms with E-state index in [2.05, 4.69) is 10.3 Å². The van der Waals surface area contributed by atoms with Crippen LogP contribution < -0.4 is 10.1 Å². The fourth-order valence-corrected chi connectivity index (χ4v) is 3.19. The minimum absolute atomic E-state index is 0.178. The predicted octanol–water partition coefficient (Wildman–Crippen LogP) is 4.53. The highest BCUT2D eigenvalue weighted by Gasteiger charge is 2.16. The maximum Gasteiger partial charge on any atom is 0.261 e. The lowest BCUT2D eigenvalue weighted by atomic mass is 10.1. The van der Waals surface area contributed by atoms with Crippen molar-refractivity contribution in [1.82, 2.24) is 14.9 Å². The second-order valence-corrected chi connectivity index (χ2v) is 7.20. The van der Waals surface area contributed by atoms with Crippen molar-refractivity contribution in [3.63, 3.8) is 0 Å². The van der Waals surface area contributed by atoms with Crippen molar-refractivity contribution in [1.29, 1.82) is 0 Å². The summed E-state index contributed by atoms with van der Waals surface area (Å²) in [7, 11) is 0. The molecular weight excluding hydrogens is 374 g/mol. The number of hydrogen-bond donors (Lipinski definition) is 1. The molecule has 28 heavy (non-hydrogen) atoms.